The van der Waals surface area contributed by atoms with Gasteiger partial charge >= 0.3 is 0 Å². The molecule has 29 heavy (non-hydrogen) atoms. The van der Waals surface area contributed by atoms with E-state index in [4.69, 9.17) is 9.47 Å². The number of carbonyl (C=O) groups excluding carboxylic acids is 1. The molecule has 0 unspecified atom stereocenters. The molecule has 0 aromatic heterocycles. The van der Waals surface area contributed by atoms with E-state index in [-0.39, 0.29) is 17.3 Å². The number of hydrogen-bond donors (Lipinski definition) is 1. The Morgan fingerprint density at radius 1 is 1.14 bits per heavy atom. The van der Waals surface area contributed by atoms with Gasteiger partial charge in [-0.15, -0.1) is 0 Å². The van der Waals surface area contributed by atoms with Gasteiger partial charge < -0.3 is 14.8 Å². The largest absolute Gasteiger partial charge is 0.497 e. The van der Waals surface area contributed by atoms with Crippen molar-refractivity contribution in [3.63, 3.8) is 0 Å². The third kappa shape index (κ3) is 6.47. The second kappa shape index (κ2) is 10.8. The second-order valence-corrected chi connectivity index (χ2v) is 8.29. The van der Waals surface area contributed by atoms with E-state index >= 15 is 0 Å². The third-order valence-corrected chi connectivity index (χ3v) is 6.02. The van der Waals surface area contributed by atoms with Gasteiger partial charge in [0.2, 0.25) is 5.91 Å². The molecule has 0 bridgehead atoms. The lowest BCUT2D eigenvalue weighted by molar-refractivity contribution is -0.119. The van der Waals surface area contributed by atoms with E-state index in [1.165, 1.54) is 19.2 Å². The zero-order valence-corrected chi connectivity index (χ0v) is 17.9. The molecule has 0 fully saturated rings. The van der Waals surface area contributed by atoms with Gasteiger partial charge in [-0.05, 0) is 44.5 Å². The predicted octanol–water partition coefficient (Wildman–Crippen LogP) is 2.74. The van der Waals surface area contributed by atoms with Crippen molar-refractivity contribution in [2.75, 3.05) is 37.7 Å². The van der Waals surface area contributed by atoms with Crippen LogP contribution in [0.2, 0.25) is 0 Å². The molecular weight excluding hydrogens is 392 g/mol. The molecule has 0 radical (unpaired) electrons. The first-order chi connectivity index (χ1) is 13.9. The molecule has 0 saturated heterocycles. The van der Waals surface area contributed by atoms with Gasteiger partial charge in [0.15, 0.2) is 0 Å². The summed E-state index contributed by atoms with van der Waals surface area (Å²) in [7, 11) is -2.43. The summed E-state index contributed by atoms with van der Waals surface area (Å²) in [5.74, 6) is 0.115. The van der Waals surface area contributed by atoms with E-state index in [0.717, 1.165) is 9.87 Å². The predicted molar refractivity (Wildman–Crippen MR) is 113 cm³/mol. The Morgan fingerprint density at radius 2 is 1.86 bits per heavy atom. The number of amides is 1. The molecule has 0 aliphatic carbocycles. The average Bonchev–Trinajstić information content (AvgIpc) is 2.72. The number of hydrogen-bond acceptors (Lipinski definition) is 5. The fraction of sp³-hybridized carbons (Fsp3) is 0.381. The summed E-state index contributed by atoms with van der Waals surface area (Å²) in [6.07, 6.45) is 0.656. The van der Waals surface area contributed by atoms with Crippen LogP contribution in [0.3, 0.4) is 0 Å². The number of rotatable bonds is 11. The molecule has 158 valence electrons. The molecule has 0 heterocycles. The van der Waals surface area contributed by atoms with Crippen LogP contribution < -0.4 is 14.4 Å². The molecule has 0 aliphatic heterocycles. The molecule has 2 aromatic rings. The van der Waals surface area contributed by atoms with Crippen molar-refractivity contribution < 1.29 is 22.7 Å². The lowest BCUT2D eigenvalue weighted by Crippen LogP contribution is -2.41. The van der Waals surface area contributed by atoms with E-state index in [0.29, 0.717) is 37.6 Å². The summed E-state index contributed by atoms with van der Waals surface area (Å²) in [6.45, 7) is 5.02. The number of sulfonamides is 1. The molecule has 7 nitrogen and oxygen atoms in total. The molecule has 1 amide bonds. The van der Waals surface area contributed by atoms with Gasteiger partial charge in [0.25, 0.3) is 10.0 Å². The Labute approximate surface area is 172 Å². The number of nitrogens with one attached hydrogen (secondary N) is 1. The van der Waals surface area contributed by atoms with E-state index in [2.05, 4.69) is 5.32 Å². The number of benzene rings is 2. The van der Waals surface area contributed by atoms with Gasteiger partial charge in [0.1, 0.15) is 12.3 Å². The van der Waals surface area contributed by atoms with E-state index < -0.39 is 10.0 Å². The van der Waals surface area contributed by atoms with Gasteiger partial charge in [0, 0.05) is 25.8 Å². The highest BCUT2D eigenvalue weighted by atomic mass is 32.2. The SMILES string of the molecule is CCOCCCNC(=O)CN(c1cccc(OC)c1)S(=O)(=O)c1ccc(C)cc1. The molecule has 0 saturated carbocycles. The van der Waals surface area contributed by atoms with E-state index in [9.17, 15) is 13.2 Å². The first-order valence-electron chi connectivity index (χ1n) is 9.46. The minimum Gasteiger partial charge on any atom is -0.497 e. The fourth-order valence-corrected chi connectivity index (χ4v) is 4.06. The van der Waals surface area contributed by atoms with Crippen molar-refractivity contribution >= 4 is 21.6 Å². The lowest BCUT2D eigenvalue weighted by atomic mass is 10.2. The lowest BCUT2D eigenvalue weighted by Gasteiger charge is -2.24. The van der Waals surface area contributed by atoms with Crippen molar-refractivity contribution in [2.45, 2.75) is 25.2 Å². The van der Waals surface area contributed by atoms with Crippen LogP contribution in [0.25, 0.3) is 0 Å². The maximum absolute atomic E-state index is 13.3. The third-order valence-electron chi connectivity index (χ3n) is 4.23. The Kier molecular flexibility index (Phi) is 8.48. The minimum absolute atomic E-state index is 0.120. The van der Waals surface area contributed by atoms with Gasteiger partial charge in [-0.1, -0.05) is 23.8 Å². The highest BCUT2D eigenvalue weighted by molar-refractivity contribution is 7.92. The normalized spacial score (nSPS) is 11.1. The standard InChI is InChI=1S/C21H28N2O5S/c1-4-28-14-6-13-22-21(24)16-23(18-7-5-8-19(15-18)27-3)29(25,26)20-11-9-17(2)10-12-20/h5,7-12,15H,4,6,13-14,16H2,1-3H3,(H,22,24). The van der Waals surface area contributed by atoms with Crippen LogP contribution >= 0.6 is 0 Å². The number of ether oxygens (including phenoxy) is 2. The quantitative estimate of drug-likeness (QED) is 0.565. The molecule has 0 atom stereocenters. The summed E-state index contributed by atoms with van der Waals surface area (Å²) >= 11 is 0. The van der Waals surface area contributed by atoms with Crippen LogP contribution in [0.4, 0.5) is 5.69 Å². The monoisotopic (exact) mass is 420 g/mol. The Bertz CT molecular complexity index is 898. The molecule has 8 heteroatoms. The maximum atomic E-state index is 13.3. The van der Waals surface area contributed by atoms with Crippen molar-refractivity contribution in [3.8, 4) is 5.75 Å². The van der Waals surface area contributed by atoms with Crippen LogP contribution in [0, 0.1) is 6.92 Å². The van der Waals surface area contributed by atoms with Crippen molar-refractivity contribution in [2.24, 2.45) is 0 Å². The average molecular weight is 421 g/mol. The zero-order chi connectivity index (χ0) is 21.3. The summed E-state index contributed by atoms with van der Waals surface area (Å²) in [4.78, 5) is 12.6. The number of aryl methyl sites for hydroxylation is 1. The molecule has 0 aliphatic rings. The van der Waals surface area contributed by atoms with Crippen LogP contribution in [0.15, 0.2) is 53.4 Å². The summed E-state index contributed by atoms with van der Waals surface area (Å²) < 4.78 is 38.1. The summed E-state index contributed by atoms with van der Waals surface area (Å²) in [5.41, 5.74) is 1.30. The first kappa shape index (κ1) is 22.7. The van der Waals surface area contributed by atoms with E-state index in [1.54, 1.807) is 36.4 Å². The van der Waals surface area contributed by atoms with Crippen molar-refractivity contribution in [3.05, 3.63) is 54.1 Å². The van der Waals surface area contributed by atoms with Crippen molar-refractivity contribution in [1.82, 2.24) is 5.32 Å². The summed E-state index contributed by atoms with van der Waals surface area (Å²) in [6, 6.07) is 13.2. The van der Waals surface area contributed by atoms with Gasteiger partial charge in [0.05, 0.1) is 17.7 Å². The van der Waals surface area contributed by atoms with Gasteiger partial charge in [-0.2, -0.15) is 0 Å². The maximum Gasteiger partial charge on any atom is 0.264 e. The van der Waals surface area contributed by atoms with Crippen molar-refractivity contribution in [1.29, 1.82) is 0 Å². The van der Waals surface area contributed by atoms with E-state index in [1.807, 2.05) is 13.8 Å². The molecule has 2 rings (SSSR count). The highest BCUT2D eigenvalue weighted by Gasteiger charge is 2.27. The molecule has 1 N–H and O–H groups in total. The minimum atomic E-state index is -3.94. The van der Waals surface area contributed by atoms with Crippen LogP contribution in [0.5, 0.6) is 5.75 Å². The number of anilines is 1. The molecule has 0 spiro atoms. The first-order valence-corrected chi connectivity index (χ1v) is 10.9. The fourth-order valence-electron chi connectivity index (χ4n) is 2.65. The zero-order valence-electron chi connectivity index (χ0n) is 17.1. The van der Waals surface area contributed by atoms with Crippen LogP contribution in [0.1, 0.15) is 18.9 Å². The van der Waals surface area contributed by atoms with Gasteiger partial charge in [-0.25, -0.2) is 8.42 Å². The summed E-state index contributed by atoms with van der Waals surface area (Å²) in [5, 5.41) is 2.75. The van der Waals surface area contributed by atoms with Crippen LogP contribution in [-0.2, 0) is 19.6 Å². The van der Waals surface area contributed by atoms with Crippen LogP contribution in [-0.4, -0.2) is 47.7 Å². The number of methoxy groups -OCH3 is 1. The second-order valence-electron chi connectivity index (χ2n) is 6.43. The Balaban J connectivity index is 2.26. The topological polar surface area (TPSA) is 84.9 Å². The number of nitrogens with zero attached hydrogens (tertiary/aromatic N) is 1. The smallest absolute Gasteiger partial charge is 0.264 e. The number of carbonyl (C=O) groups is 1. The molecular formula is C21H28N2O5S. The Hall–Kier alpha value is -2.58. The Morgan fingerprint density at radius 3 is 2.52 bits per heavy atom. The molecule has 2 aromatic carbocycles. The highest BCUT2D eigenvalue weighted by Crippen LogP contribution is 2.27. The van der Waals surface area contributed by atoms with Gasteiger partial charge in [-0.3, -0.25) is 9.10 Å².